The van der Waals surface area contributed by atoms with E-state index < -0.39 is 5.60 Å². The molecule has 0 aromatic heterocycles. The van der Waals surface area contributed by atoms with Crippen LogP contribution in [0.2, 0.25) is 0 Å². The monoisotopic (exact) mass is 284 g/mol. The van der Waals surface area contributed by atoms with Gasteiger partial charge in [0.25, 0.3) is 0 Å². The Hall–Kier alpha value is -0.160. The summed E-state index contributed by atoms with van der Waals surface area (Å²) in [6.07, 6.45) is 5.61. The Bertz CT molecular complexity index is 288. The minimum absolute atomic E-state index is 0.237. The molecule has 2 rings (SSSR count). The molecule has 0 aromatic carbocycles. The van der Waals surface area contributed by atoms with Crippen molar-refractivity contribution in [2.24, 2.45) is 5.41 Å². The zero-order valence-electron chi connectivity index (χ0n) is 13.3. The molecular formula is C16H32N2O2. The predicted molar refractivity (Wildman–Crippen MR) is 81.9 cm³/mol. The minimum atomic E-state index is -0.508. The molecular weight excluding hydrogens is 252 g/mol. The first-order valence-electron chi connectivity index (χ1n) is 8.29. The van der Waals surface area contributed by atoms with Gasteiger partial charge in [-0.25, -0.2) is 0 Å². The van der Waals surface area contributed by atoms with Gasteiger partial charge in [-0.2, -0.15) is 0 Å². The van der Waals surface area contributed by atoms with Crippen molar-refractivity contribution >= 4 is 0 Å². The van der Waals surface area contributed by atoms with E-state index >= 15 is 0 Å². The summed E-state index contributed by atoms with van der Waals surface area (Å²) in [4.78, 5) is 2.45. The minimum Gasteiger partial charge on any atom is -0.389 e. The molecule has 0 aliphatic carbocycles. The van der Waals surface area contributed by atoms with Crippen LogP contribution in [0.3, 0.4) is 0 Å². The van der Waals surface area contributed by atoms with Crippen LogP contribution in [0.4, 0.5) is 0 Å². The van der Waals surface area contributed by atoms with Crippen LogP contribution < -0.4 is 5.32 Å². The smallest absolute Gasteiger partial charge is 0.0746 e. The highest BCUT2D eigenvalue weighted by Crippen LogP contribution is 2.31. The quantitative estimate of drug-likeness (QED) is 0.728. The van der Waals surface area contributed by atoms with E-state index in [1.165, 1.54) is 12.8 Å². The molecule has 2 aliphatic rings. The zero-order chi connectivity index (χ0) is 14.5. The lowest BCUT2D eigenvalue weighted by Gasteiger charge is -2.45. The number of piperidine rings is 1. The molecule has 0 amide bonds. The molecule has 118 valence electrons. The van der Waals surface area contributed by atoms with Crippen LogP contribution in [-0.4, -0.2) is 61.5 Å². The molecule has 0 bridgehead atoms. The van der Waals surface area contributed by atoms with Crippen LogP contribution in [0.1, 0.15) is 46.0 Å². The van der Waals surface area contributed by atoms with Gasteiger partial charge in [0.05, 0.1) is 12.2 Å². The first-order chi connectivity index (χ1) is 9.55. The third-order valence-corrected chi connectivity index (χ3v) is 4.64. The fraction of sp³-hybridized carbons (Fsp3) is 1.00. The lowest BCUT2D eigenvalue weighted by atomic mass is 9.80. The van der Waals surface area contributed by atoms with Gasteiger partial charge in [-0.15, -0.1) is 0 Å². The number of nitrogens with one attached hydrogen (secondary N) is 1. The van der Waals surface area contributed by atoms with E-state index in [1.54, 1.807) is 0 Å². The summed E-state index contributed by atoms with van der Waals surface area (Å²) in [6.45, 7) is 11.1. The molecule has 4 nitrogen and oxygen atoms in total. The summed E-state index contributed by atoms with van der Waals surface area (Å²) in [5.41, 5.74) is -0.271. The number of β-amino-alcohol motifs (C(OH)–C–C–N with tert-alkyl or cyclic N) is 1. The van der Waals surface area contributed by atoms with Gasteiger partial charge in [-0.05, 0) is 52.1 Å². The van der Waals surface area contributed by atoms with Crippen LogP contribution in [0.5, 0.6) is 0 Å². The fourth-order valence-corrected chi connectivity index (χ4v) is 3.69. The fourth-order valence-electron chi connectivity index (χ4n) is 3.69. The predicted octanol–water partition coefficient (Wildman–Crippen LogP) is 1.63. The van der Waals surface area contributed by atoms with Crippen molar-refractivity contribution in [1.82, 2.24) is 10.2 Å². The highest BCUT2D eigenvalue weighted by Gasteiger charge is 2.37. The molecule has 0 radical (unpaired) electrons. The average molecular weight is 284 g/mol. The Labute approximate surface area is 123 Å². The van der Waals surface area contributed by atoms with Crippen molar-refractivity contribution in [3.8, 4) is 0 Å². The zero-order valence-corrected chi connectivity index (χ0v) is 13.3. The lowest BCUT2D eigenvalue weighted by molar-refractivity contribution is -0.0607. The first-order valence-corrected chi connectivity index (χ1v) is 8.29. The summed E-state index contributed by atoms with van der Waals surface area (Å²) in [6, 6.07) is 0. The second-order valence-corrected chi connectivity index (χ2v) is 7.14. The number of ether oxygens (including phenoxy) is 1. The SMILES string of the molecule is CCCNCC1(CN2CCCC(C)(O)C2)CCCOC1. The molecule has 4 heteroatoms. The maximum Gasteiger partial charge on any atom is 0.0746 e. The number of hydrogen-bond acceptors (Lipinski definition) is 4. The number of nitrogens with zero attached hydrogens (tertiary/aromatic N) is 1. The molecule has 0 spiro atoms. The van der Waals surface area contributed by atoms with E-state index in [1.807, 2.05) is 6.92 Å². The molecule has 2 aliphatic heterocycles. The second-order valence-electron chi connectivity index (χ2n) is 7.14. The Kier molecular flexibility index (Phi) is 5.84. The van der Waals surface area contributed by atoms with Gasteiger partial charge in [0.2, 0.25) is 0 Å². The van der Waals surface area contributed by atoms with E-state index in [9.17, 15) is 5.11 Å². The Morgan fingerprint density at radius 2 is 2.15 bits per heavy atom. The molecule has 2 fully saturated rings. The third-order valence-electron chi connectivity index (χ3n) is 4.64. The molecule has 20 heavy (non-hydrogen) atoms. The largest absolute Gasteiger partial charge is 0.389 e. The van der Waals surface area contributed by atoms with Gasteiger partial charge in [-0.3, -0.25) is 4.90 Å². The lowest BCUT2D eigenvalue weighted by Crippen LogP contribution is -2.54. The van der Waals surface area contributed by atoms with Crippen molar-refractivity contribution < 1.29 is 9.84 Å². The molecule has 0 saturated carbocycles. The highest BCUT2D eigenvalue weighted by atomic mass is 16.5. The van der Waals surface area contributed by atoms with Crippen LogP contribution in [0.25, 0.3) is 0 Å². The van der Waals surface area contributed by atoms with E-state index in [4.69, 9.17) is 4.74 Å². The van der Waals surface area contributed by atoms with Crippen LogP contribution in [0.15, 0.2) is 0 Å². The van der Waals surface area contributed by atoms with Gasteiger partial charge in [0.15, 0.2) is 0 Å². The van der Waals surface area contributed by atoms with Crippen molar-refractivity contribution in [2.45, 2.75) is 51.6 Å². The number of aliphatic hydroxyl groups is 1. The summed E-state index contributed by atoms with van der Waals surface area (Å²) in [5.74, 6) is 0. The van der Waals surface area contributed by atoms with Crippen LogP contribution in [0, 0.1) is 5.41 Å². The second kappa shape index (κ2) is 7.21. The van der Waals surface area contributed by atoms with Gasteiger partial charge in [0, 0.05) is 31.7 Å². The van der Waals surface area contributed by atoms with Gasteiger partial charge in [0.1, 0.15) is 0 Å². The maximum atomic E-state index is 10.3. The highest BCUT2D eigenvalue weighted by molar-refractivity contribution is 4.91. The van der Waals surface area contributed by atoms with Crippen molar-refractivity contribution in [3.05, 3.63) is 0 Å². The Balaban J connectivity index is 1.92. The number of likely N-dealkylation sites (tertiary alicyclic amines) is 1. The van der Waals surface area contributed by atoms with E-state index in [0.29, 0.717) is 0 Å². The first kappa shape index (κ1) is 16.2. The van der Waals surface area contributed by atoms with E-state index in [-0.39, 0.29) is 5.41 Å². The van der Waals surface area contributed by atoms with Crippen LogP contribution >= 0.6 is 0 Å². The van der Waals surface area contributed by atoms with Crippen molar-refractivity contribution in [3.63, 3.8) is 0 Å². The molecule has 2 atom stereocenters. The maximum absolute atomic E-state index is 10.3. The molecule has 2 N–H and O–H groups in total. The average Bonchev–Trinajstić information content (AvgIpc) is 2.39. The molecule has 0 aromatic rings. The van der Waals surface area contributed by atoms with Gasteiger partial charge < -0.3 is 15.2 Å². The van der Waals surface area contributed by atoms with Crippen molar-refractivity contribution in [2.75, 3.05) is 45.9 Å². The van der Waals surface area contributed by atoms with Crippen LogP contribution in [-0.2, 0) is 4.74 Å². The molecule has 2 saturated heterocycles. The Morgan fingerprint density at radius 1 is 1.30 bits per heavy atom. The van der Waals surface area contributed by atoms with Gasteiger partial charge >= 0.3 is 0 Å². The molecule has 2 unspecified atom stereocenters. The summed E-state index contributed by atoms with van der Waals surface area (Å²) >= 11 is 0. The van der Waals surface area contributed by atoms with E-state index in [2.05, 4.69) is 17.1 Å². The van der Waals surface area contributed by atoms with Gasteiger partial charge in [-0.1, -0.05) is 6.92 Å². The third kappa shape index (κ3) is 4.69. The topological polar surface area (TPSA) is 44.7 Å². The summed E-state index contributed by atoms with van der Waals surface area (Å²) in [5, 5.41) is 13.9. The molecule has 2 heterocycles. The summed E-state index contributed by atoms with van der Waals surface area (Å²) in [7, 11) is 0. The Morgan fingerprint density at radius 3 is 2.80 bits per heavy atom. The summed E-state index contributed by atoms with van der Waals surface area (Å²) < 4.78 is 5.78. The number of rotatable bonds is 6. The normalized spacial score (nSPS) is 36.1. The number of hydrogen-bond donors (Lipinski definition) is 2. The van der Waals surface area contributed by atoms with Crippen molar-refractivity contribution in [1.29, 1.82) is 0 Å². The van der Waals surface area contributed by atoms with E-state index in [0.717, 1.165) is 65.2 Å². The standard InChI is InChI=1S/C16H32N2O2/c1-3-8-17-11-16(7-5-10-20-14-16)13-18-9-4-6-15(2,19)12-18/h17,19H,3-14H2,1-2H3.